The fourth-order valence-corrected chi connectivity index (χ4v) is 4.09. The van der Waals surface area contributed by atoms with E-state index >= 15 is 0 Å². The van der Waals surface area contributed by atoms with Crippen molar-refractivity contribution < 1.29 is 23.1 Å². The number of rotatable bonds is 5. The topological polar surface area (TPSA) is 103 Å². The van der Waals surface area contributed by atoms with Gasteiger partial charge in [-0.05, 0) is 53.9 Å². The van der Waals surface area contributed by atoms with Gasteiger partial charge in [0.05, 0.1) is 28.5 Å². The quantitative estimate of drug-likeness (QED) is 0.356. The Morgan fingerprint density at radius 2 is 1.86 bits per heavy atom. The first-order chi connectivity index (χ1) is 13.2. The van der Waals surface area contributed by atoms with Gasteiger partial charge in [0.15, 0.2) is 10.5 Å². The molecule has 6 nitrogen and oxygen atoms in total. The normalized spacial score (nSPS) is 14.8. The van der Waals surface area contributed by atoms with Crippen LogP contribution in [-0.4, -0.2) is 33.7 Å². The highest BCUT2D eigenvalue weighted by Gasteiger charge is 2.22. The summed E-state index contributed by atoms with van der Waals surface area (Å²) in [6.07, 6.45) is 3.39. The van der Waals surface area contributed by atoms with Crippen molar-refractivity contribution in [3.63, 3.8) is 0 Å². The molecule has 148 valence electrons. The molecule has 0 N–H and O–H groups in total. The summed E-state index contributed by atoms with van der Waals surface area (Å²) in [5, 5.41) is 0.385. The third kappa shape index (κ3) is 3.91. The lowest BCUT2D eigenvalue weighted by atomic mass is 10.1. The minimum Gasteiger partial charge on any atom is -0.612 e. The van der Waals surface area contributed by atoms with Gasteiger partial charge < -0.3 is 18.3 Å². The summed E-state index contributed by atoms with van der Waals surface area (Å²) >= 11 is -2.80. The largest absolute Gasteiger partial charge is 0.612 e. The van der Waals surface area contributed by atoms with E-state index in [-0.39, 0.29) is 39.0 Å². The summed E-state index contributed by atoms with van der Waals surface area (Å²) in [6.45, 7) is 3.70. The molecule has 0 amide bonds. The number of benzene rings is 2. The highest BCUT2D eigenvalue weighted by atomic mass is 32.2. The number of carbonyl (C=O) groups excluding carboxylic acids is 1. The molecule has 0 saturated carbocycles. The molecular weight excluding hydrogens is 400 g/mol. The van der Waals surface area contributed by atoms with Crippen LogP contribution in [0.15, 0.2) is 49.3 Å². The van der Waals surface area contributed by atoms with Gasteiger partial charge in [-0.15, -0.1) is 0 Å². The van der Waals surface area contributed by atoms with Crippen molar-refractivity contribution in [3.05, 3.63) is 46.1 Å². The maximum atomic E-state index is 13.1. The molecule has 0 aliphatic rings. The van der Waals surface area contributed by atoms with Crippen molar-refractivity contribution in [2.24, 2.45) is 0 Å². The van der Waals surface area contributed by atoms with Crippen LogP contribution >= 0.6 is 0 Å². The van der Waals surface area contributed by atoms with Crippen LogP contribution in [0.5, 0.6) is 0 Å². The van der Waals surface area contributed by atoms with Crippen LogP contribution in [0.2, 0.25) is 0 Å². The van der Waals surface area contributed by atoms with Gasteiger partial charge in [-0.25, -0.2) is 4.79 Å². The van der Waals surface area contributed by atoms with Gasteiger partial charge in [0.1, 0.15) is 18.1 Å². The number of hydrogen-bond acceptors (Lipinski definition) is 6. The molecule has 3 aromatic rings. The predicted molar refractivity (Wildman–Crippen MR) is 110 cm³/mol. The Hall–Kier alpha value is -2.00. The van der Waals surface area contributed by atoms with Crippen LogP contribution in [0.3, 0.4) is 0 Å². The second-order valence-electron chi connectivity index (χ2n) is 6.47. The Morgan fingerprint density at radius 1 is 1.14 bits per heavy atom. The summed E-state index contributed by atoms with van der Waals surface area (Å²) in [5.74, 6) is -0.519. The molecule has 0 fully saturated rings. The molecule has 0 radical (unpaired) electrons. The van der Waals surface area contributed by atoms with Crippen LogP contribution < -0.4 is 5.43 Å². The monoisotopic (exact) mass is 420 g/mol. The standard InChI is InChI=1S/C20H20O6S2/c1-5-11(2)25-20(22)12-6-7-16-14(8-12)18(21)15-9-13(27(3)23)10-17(28(4)24)19(15)26-16/h6-11H,5H2,1-4H3. The number of ether oxygens (including phenoxy) is 1. The van der Waals surface area contributed by atoms with Crippen molar-refractivity contribution in [1.29, 1.82) is 0 Å². The Bertz CT molecular complexity index is 1100. The summed E-state index contributed by atoms with van der Waals surface area (Å²) in [6, 6.07) is 7.50. The molecule has 0 aliphatic heterocycles. The van der Waals surface area contributed by atoms with Gasteiger partial charge in [-0.1, -0.05) is 6.92 Å². The highest BCUT2D eigenvalue weighted by molar-refractivity contribution is 7.91. The molecule has 2 aromatic carbocycles. The first kappa shape index (κ1) is 20.7. The molecule has 8 heteroatoms. The smallest absolute Gasteiger partial charge is 0.338 e. The first-order valence-electron chi connectivity index (χ1n) is 8.65. The SMILES string of the molecule is CCC(C)OC(=O)c1ccc2oc3c([S+](C)[O-])cc([S+](C)[O-])cc3c(=O)c2c1. The zero-order valence-corrected chi connectivity index (χ0v) is 17.6. The predicted octanol–water partition coefficient (Wildman–Crippen LogP) is 3.38. The van der Waals surface area contributed by atoms with Crippen molar-refractivity contribution in [2.45, 2.75) is 36.2 Å². The van der Waals surface area contributed by atoms with Crippen molar-refractivity contribution in [2.75, 3.05) is 12.5 Å². The average Bonchev–Trinajstić information content (AvgIpc) is 2.66. The molecule has 3 rings (SSSR count). The summed E-state index contributed by atoms with van der Waals surface area (Å²) in [5.41, 5.74) is 0.333. The molecule has 1 heterocycles. The van der Waals surface area contributed by atoms with Crippen LogP contribution in [0.4, 0.5) is 0 Å². The molecule has 0 bridgehead atoms. The van der Waals surface area contributed by atoms with Crippen LogP contribution in [-0.2, 0) is 27.1 Å². The number of esters is 1. The van der Waals surface area contributed by atoms with E-state index in [9.17, 15) is 18.7 Å². The van der Waals surface area contributed by atoms with Crippen LogP contribution in [0.25, 0.3) is 21.9 Å². The minimum absolute atomic E-state index is 0.179. The number of hydrogen-bond donors (Lipinski definition) is 0. The molecule has 0 aliphatic carbocycles. The summed E-state index contributed by atoms with van der Waals surface area (Å²) in [7, 11) is 0. The van der Waals surface area contributed by atoms with E-state index in [1.54, 1.807) is 6.92 Å². The first-order valence-corrected chi connectivity index (χ1v) is 11.8. The highest BCUT2D eigenvalue weighted by Crippen LogP contribution is 2.29. The van der Waals surface area contributed by atoms with E-state index in [4.69, 9.17) is 9.15 Å². The zero-order chi connectivity index (χ0) is 20.6. The minimum atomic E-state index is -1.44. The number of carbonyl (C=O) groups is 1. The fourth-order valence-electron chi connectivity index (χ4n) is 2.74. The third-order valence-corrected chi connectivity index (χ3v) is 6.29. The Labute approximate surface area is 168 Å². The lowest BCUT2D eigenvalue weighted by Crippen LogP contribution is -2.14. The second kappa shape index (κ2) is 8.16. The summed E-state index contributed by atoms with van der Waals surface area (Å²) < 4.78 is 35.2. The van der Waals surface area contributed by atoms with Crippen molar-refractivity contribution >= 4 is 50.3 Å². The molecular formula is C20H20O6S2. The van der Waals surface area contributed by atoms with Gasteiger partial charge in [0.2, 0.25) is 10.3 Å². The van der Waals surface area contributed by atoms with Crippen molar-refractivity contribution in [1.82, 2.24) is 0 Å². The van der Waals surface area contributed by atoms with E-state index in [0.29, 0.717) is 16.2 Å². The Kier molecular flexibility index (Phi) is 6.04. The van der Waals surface area contributed by atoms with Gasteiger partial charge in [-0.2, -0.15) is 0 Å². The molecule has 0 spiro atoms. The molecule has 0 saturated heterocycles. The maximum absolute atomic E-state index is 13.1. The van der Waals surface area contributed by atoms with Gasteiger partial charge in [0.25, 0.3) is 0 Å². The lowest BCUT2D eigenvalue weighted by Gasteiger charge is -2.12. The zero-order valence-electron chi connectivity index (χ0n) is 15.9. The molecule has 3 unspecified atom stereocenters. The second-order valence-corrected chi connectivity index (χ2v) is 9.20. The van der Waals surface area contributed by atoms with E-state index in [1.165, 1.54) is 42.8 Å². The number of fused-ring (bicyclic) bond motifs is 2. The Balaban J connectivity index is 2.25. The van der Waals surface area contributed by atoms with Gasteiger partial charge in [-0.3, -0.25) is 4.79 Å². The maximum Gasteiger partial charge on any atom is 0.338 e. The summed E-state index contributed by atoms with van der Waals surface area (Å²) in [4.78, 5) is 26.1. The van der Waals surface area contributed by atoms with Crippen LogP contribution in [0, 0.1) is 0 Å². The van der Waals surface area contributed by atoms with Gasteiger partial charge >= 0.3 is 5.97 Å². The van der Waals surface area contributed by atoms with Crippen LogP contribution in [0.1, 0.15) is 30.6 Å². The molecule has 1 aromatic heterocycles. The molecule has 28 heavy (non-hydrogen) atoms. The van der Waals surface area contributed by atoms with Crippen molar-refractivity contribution in [3.8, 4) is 0 Å². The van der Waals surface area contributed by atoms with Gasteiger partial charge in [0, 0.05) is 6.07 Å². The Morgan fingerprint density at radius 3 is 2.46 bits per heavy atom. The van der Waals surface area contributed by atoms with E-state index < -0.39 is 28.3 Å². The molecule has 3 atom stereocenters. The lowest BCUT2D eigenvalue weighted by molar-refractivity contribution is 0.0334. The van der Waals surface area contributed by atoms with E-state index in [1.807, 2.05) is 6.92 Å². The fraction of sp³-hybridized carbons (Fsp3) is 0.300. The van der Waals surface area contributed by atoms with E-state index in [0.717, 1.165) is 0 Å². The average molecular weight is 421 g/mol. The van der Waals surface area contributed by atoms with E-state index in [2.05, 4.69) is 0 Å². The third-order valence-electron chi connectivity index (χ3n) is 4.47.